The zero-order valence-electron chi connectivity index (χ0n) is 12.5. The normalized spacial score (nSPS) is 12.4. The Bertz CT molecular complexity index is 653. The zero-order valence-corrected chi connectivity index (χ0v) is 13.3. The monoisotopic (exact) mass is 316 g/mol. The summed E-state index contributed by atoms with van der Waals surface area (Å²) in [5, 5.41) is 20.0. The molecule has 0 heterocycles. The van der Waals surface area contributed by atoms with Gasteiger partial charge in [0.2, 0.25) is 10.0 Å². The predicted molar refractivity (Wildman–Crippen MR) is 78.6 cm³/mol. The third-order valence-corrected chi connectivity index (χ3v) is 4.80. The van der Waals surface area contributed by atoms with Crippen molar-refractivity contribution in [3.05, 3.63) is 33.4 Å². The van der Waals surface area contributed by atoms with Gasteiger partial charge in [-0.3, -0.25) is 10.1 Å². The SMILES string of the molecule is Cc1cc([N+](=O)[O-])cc(S(=O)(=O)NCC(C)(C)CO)c1C. The van der Waals surface area contributed by atoms with Crippen LogP contribution < -0.4 is 4.72 Å². The maximum absolute atomic E-state index is 12.3. The summed E-state index contributed by atoms with van der Waals surface area (Å²) in [7, 11) is -3.88. The van der Waals surface area contributed by atoms with Crippen LogP contribution in [-0.2, 0) is 10.0 Å². The molecule has 0 saturated heterocycles. The van der Waals surface area contributed by atoms with E-state index in [1.165, 1.54) is 6.07 Å². The van der Waals surface area contributed by atoms with Crippen molar-refractivity contribution in [2.75, 3.05) is 13.2 Å². The molecule has 0 aromatic heterocycles. The van der Waals surface area contributed by atoms with E-state index in [0.29, 0.717) is 11.1 Å². The first kappa shape index (κ1) is 17.5. The van der Waals surface area contributed by atoms with Crippen LogP contribution in [0.5, 0.6) is 0 Å². The highest BCUT2D eigenvalue weighted by Crippen LogP contribution is 2.25. The summed E-state index contributed by atoms with van der Waals surface area (Å²) in [5.41, 5.74) is 0.122. The number of nitrogens with one attached hydrogen (secondary N) is 1. The number of rotatable bonds is 6. The lowest BCUT2D eigenvalue weighted by molar-refractivity contribution is -0.385. The number of sulfonamides is 1. The van der Waals surface area contributed by atoms with E-state index < -0.39 is 20.4 Å². The van der Waals surface area contributed by atoms with E-state index in [2.05, 4.69) is 4.72 Å². The Labute approximate surface area is 124 Å². The number of aryl methyl sites for hydroxylation is 1. The topological polar surface area (TPSA) is 110 Å². The van der Waals surface area contributed by atoms with Crippen molar-refractivity contribution < 1.29 is 18.4 Å². The van der Waals surface area contributed by atoms with Crippen molar-refractivity contribution in [2.45, 2.75) is 32.6 Å². The fraction of sp³-hybridized carbons (Fsp3) is 0.538. The molecule has 0 fully saturated rings. The maximum atomic E-state index is 12.3. The van der Waals surface area contributed by atoms with Gasteiger partial charge in [0.25, 0.3) is 5.69 Å². The summed E-state index contributed by atoms with van der Waals surface area (Å²) in [5.74, 6) is 0. The van der Waals surface area contributed by atoms with E-state index in [-0.39, 0.29) is 23.7 Å². The summed E-state index contributed by atoms with van der Waals surface area (Å²) in [4.78, 5) is 10.1. The molecule has 0 aliphatic heterocycles. The summed E-state index contributed by atoms with van der Waals surface area (Å²) in [6.45, 7) is 6.50. The molecule has 0 aliphatic carbocycles. The third kappa shape index (κ3) is 4.23. The number of nitrogens with zero attached hydrogens (tertiary/aromatic N) is 1. The molecule has 7 nitrogen and oxygen atoms in total. The van der Waals surface area contributed by atoms with E-state index in [1.807, 2.05) is 0 Å². The highest BCUT2D eigenvalue weighted by atomic mass is 32.2. The second kappa shape index (κ2) is 6.08. The summed E-state index contributed by atoms with van der Waals surface area (Å²) in [6, 6.07) is 2.39. The number of hydrogen-bond donors (Lipinski definition) is 2. The van der Waals surface area contributed by atoms with E-state index in [1.54, 1.807) is 27.7 Å². The second-order valence-electron chi connectivity index (χ2n) is 5.79. The Morgan fingerprint density at radius 3 is 2.38 bits per heavy atom. The number of aliphatic hydroxyl groups is 1. The molecule has 21 heavy (non-hydrogen) atoms. The lowest BCUT2D eigenvalue weighted by Crippen LogP contribution is -2.36. The quantitative estimate of drug-likeness (QED) is 0.610. The van der Waals surface area contributed by atoms with Crippen molar-refractivity contribution in [1.29, 1.82) is 0 Å². The van der Waals surface area contributed by atoms with Crippen LogP contribution in [0.4, 0.5) is 5.69 Å². The van der Waals surface area contributed by atoms with Gasteiger partial charge in [0.1, 0.15) is 0 Å². The molecular weight excluding hydrogens is 296 g/mol. The fourth-order valence-corrected chi connectivity index (χ4v) is 3.19. The second-order valence-corrected chi connectivity index (χ2v) is 7.53. The molecular formula is C13H20N2O5S. The van der Waals surface area contributed by atoms with Crippen molar-refractivity contribution in [1.82, 2.24) is 4.72 Å². The van der Waals surface area contributed by atoms with Crippen LogP contribution in [0.15, 0.2) is 17.0 Å². The van der Waals surface area contributed by atoms with Crippen LogP contribution >= 0.6 is 0 Å². The van der Waals surface area contributed by atoms with E-state index in [0.717, 1.165) is 6.07 Å². The van der Waals surface area contributed by atoms with Crippen molar-refractivity contribution in [2.24, 2.45) is 5.41 Å². The molecule has 2 N–H and O–H groups in total. The maximum Gasteiger partial charge on any atom is 0.271 e. The van der Waals surface area contributed by atoms with Gasteiger partial charge in [0.05, 0.1) is 9.82 Å². The molecule has 0 bridgehead atoms. The smallest absolute Gasteiger partial charge is 0.271 e. The number of hydrogen-bond acceptors (Lipinski definition) is 5. The summed E-state index contributed by atoms with van der Waals surface area (Å²) < 4.78 is 27.0. The molecule has 118 valence electrons. The molecule has 0 atom stereocenters. The van der Waals surface area contributed by atoms with E-state index >= 15 is 0 Å². The number of nitro benzene ring substituents is 1. The molecule has 0 spiro atoms. The van der Waals surface area contributed by atoms with Crippen LogP contribution in [0.1, 0.15) is 25.0 Å². The molecule has 1 rings (SSSR count). The van der Waals surface area contributed by atoms with Gasteiger partial charge < -0.3 is 5.11 Å². The van der Waals surface area contributed by atoms with Crippen LogP contribution in [0.2, 0.25) is 0 Å². The largest absolute Gasteiger partial charge is 0.396 e. The zero-order chi connectivity index (χ0) is 16.4. The number of nitro groups is 1. The Morgan fingerprint density at radius 1 is 1.33 bits per heavy atom. The minimum absolute atomic E-state index is 0.0347. The fourth-order valence-electron chi connectivity index (χ4n) is 1.62. The number of benzene rings is 1. The van der Waals surface area contributed by atoms with Gasteiger partial charge in [-0.1, -0.05) is 13.8 Å². The van der Waals surface area contributed by atoms with Gasteiger partial charge in [0.15, 0.2) is 0 Å². The Balaban J connectivity index is 3.22. The molecule has 0 amide bonds. The van der Waals surface area contributed by atoms with Gasteiger partial charge in [-0.25, -0.2) is 13.1 Å². The van der Waals surface area contributed by atoms with Gasteiger partial charge in [-0.2, -0.15) is 0 Å². The number of aliphatic hydroxyl groups excluding tert-OH is 1. The van der Waals surface area contributed by atoms with Crippen molar-refractivity contribution in [3.63, 3.8) is 0 Å². The van der Waals surface area contributed by atoms with Gasteiger partial charge in [0, 0.05) is 30.7 Å². The molecule has 0 saturated carbocycles. The van der Waals surface area contributed by atoms with E-state index in [4.69, 9.17) is 5.11 Å². The van der Waals surface area contributed by atoms with E-state index in [9.17, 15) is 18.5 Å². The minimum Gasteiger partial charge on any atom is -0.396 e. The van der Waals surface area contributed by atoms with Gasteiger partial charge >= 0.3 is 0 Å². The average Bonchev–Trinajstić information content (AvgIpc) is 2.39. The Morgan fingerprint density at radius 2 is 1.90 bits per heavy atom. The van der Waals surface area contributed by atoms with Crippen LogP contribution in [0.3, 0.4) is 0 Å². The van der Waals surface area contributed by atoms with Crippen LogP contribution in [0, 0.1) is 29.4 Å². The Kier molecular flexibility index (Phi) is 5.08. The molecule has 8 heteroatoms. The standard InChI is InChI=1S/C13H20N2O5S/c1-9-5-11(15(17)18)6-12(10(9)2)21(19,20)14-7-13(3,4)8-16/h5-6,14,16H,7-8H2,1-4H3. The third-order valence-electron chi connectivity index (χ3n) is 3.27. The average molecular weight is 316 g/mol. The lowest BCUT2D eigenvalue weighted by atomic mass is 9.96. The van der Waals surface area contributed by atoms with Crippen LogP contribution in [-0.4, -0.2) is 31.6 Å². The van der Waals surface area contributed by atoms with Crippen LogP contribution in [0.25, 0.3) is 0 Å². The molecule has 0 radical (unpaired) electrons. The molecule has 1 aromatic carbocycles. The molecule has 1 aromatic rings. The lowest BCUT2D eigenvalue weighted by Gasteiger charge is -2.22. The summed E-state index contributed by atoms with van der Waals surface area (Å²) >= 11 is 0. The predicted octanol–water partition coefficient (Wildman–Crippen LogP) is 1.51. The van der Waals surface area contributed by atoms with Crippen molar-refractivity contribution >= 4 is 15.7 Å². The highest BCUT2D eigenvalue weighted by molar-refractivity contribution is 7.89. The minimum atomic E-state index is -3.88. The first-order valence-corrected chi connectivity index (χ1v) is 7.85. The Hall–Kier alpha value is -1.51. The molecule has 0 unspecified atom stereocenters. The van der Waals surface area contributed by atoms with Crippen molar-refractivity contribution in [3.8, 4) is 0 Å². The molecule has 0 aliphatic rings. The first-order valence-electron chi connectivity index (χ1n) is 6.36. The number of non-ortho nitro benzene ring substituents is 1. The van der Waals surface area contributed by atoms with Gasteiger partial charge in [-0.05, 0) is 25.0 Å². The van der Waals surface area contributed by atoms with Gasteiger partial charge in [-0.15, -0.1) is 0 Å². The first-order chi connectivity index (χ1) is 9.50. The highest BCUT2D eigenvalue weighted by Gasteiger charge is 2.25. The summed E-state index contributed by atoms with van der Waals surface area (Å²) in [6.07, 6.45) is 0.